The van der Waals surface area contributed by atoms with Gasteiger partial charge in [0, 0.05) is 6.61 Å². The average molecular weight is 258 g/mol. The molecule has 0 heterocycles. The van der Waals surface area contributed by atoms with Gasteiger partial charge in [0.1, 0.15) is 0 Å². The Bertz CT molecular complexity index is 224. The van der Waals surface area contributed by atoms with Crippen LogP contribution < -0.4 is 0 Å². The minimum Gasteiger partial charge on any atom is -0.466 e. The number of ether oxygens (including phenoxy) is 2. The molecule has 2 atom stereocenters. The highest BCUT2D eigenvalue weighted by Crippen LogP contribution is 2.24. The summed E-state index contributed by atoms with van der Waals surface area (Å²) in [5.41, 5.74) is 0. The van der Waals surface area contributed by atoms with Gasteiger partial charge >= 0.3 is 5.97 Å². The molecule has 0 aromatic carbocycles. The van der Waals surface area contributed by atoms with E-state index in [0.29, 0.717) is 25.0 Å². The second-order valence-electron chi connectivity index (χ2n) is 5.61. The van der Waals surface area contributed by atoms with E-state index in [2.05, 4.69) is 27.7 Å². The molecule has 108 valence electrons. The minimum atomic E-state index is -0.132. The maximum atomic E-state index is 12.1. The Balaban J connectivity index is 4.77. The van der Waals surface area contributed by atoms with E-state index in [1.807, 2.05) is 13.8 Å². The second kappa shape index (κ2) is 9.37. The quantitative estimate of drug-likeness (QED) is 0.592. The van der Waals surface area contributed by atoms with E-state index in [1.165, 1.54) is 0 Å². The Morgan fingerprint density at radius 3 is 1.89 bits per heavy atom. The van der Waals surface area contributed by atoms with Crippen LogP contribution in [0.1, 0.15) is 54.4 Å². The smallest absolute Gasteiger partial charge is 0.311 e. The predicted octanol–water partition coefficient (Wildman–Crippen LogP) is 3.66. The monoisotopic (exact) mass is 258 g/mol. The zero-order valence-electron chi connectivity index (χ0n) is 12.9. The third-order valence-corrected chi connectivity index (χ3v) is 2.85. The van der Waals surface area contributed by atoms with Crippen molar-refractivity contribution in [1.29, 1.82) is 0 Å². The van der Waals surface area contributed by atoms with Crippen LogP contribution >= 0.6 is 0 Å². The van der Waals surface area contributed by atoms with Crippen molar-refractivity contribution in [2.75, 3.05) is 13.2 Å². The van der Waals surface area contributed by atoms with Crippen LogP contribution in [0.15, 0.2) is 0 Å². The molecule has 3 heteroatoms. The number of carbonyl (C=O) groups is 1. The highest BCUT2D eigenvalue weighted by molar-refractivity contribution is 5.73. The van der Waals surface area contributed by atoms with E-state index in [0.717, 1.165) is 12.8 Å². The Kier molecular flexibility index (Phi) is 9.08. The van der Waals surface area contributed by atoms with E-state index in [9.17, 15) is 4.79 Å². The molecular weight excluding hydrogens is 228 g/mol. The molecule has 18 heavy (non-hydrogen) atoms. The van der Waals surface area contributed by atoms with Gasteiger partial charge in [0.15, 0.2) is 0 Å². The van der Waals surface area contributed by atoms with Gasteiger partial charge in [0.25, 0.3) is 0 Å². The van der Waals surface area contributed by atoms with Crippen LogP contribution in [0.2, 0.25) is 0 Å². The molecule has 0 fully saturated rings. The van der Waals surface area contributed by atoms with E-state index < -0.39 is 0 Å². The lowest BCUT2D eigenvalue weighted by atomic mass is 9.87. The Hall–Kier alpha value is -0.570. The van der Waals surface area contributed by atoms with Gasteiger partial charge in [-0.05, 0) is 38.5 Å². The molecule has 0 bridgehead atoms. The van der Waals surface area contributed by atoms with Crippen molar-refractivity contribution in [3.63, 3.8) is 0 Å². The molecule has 0 radical (unpaired) electrons. The number of hydrogen-bond donors (Lipinski definition) is 0. The van der Waals surface area contributed by atoms with Crippen molar-refractivity contribution in [2.45, 2.75) is 60.5 Å². The van der Waals surface area contributed by atoms with Gasteiger partial charge in [-0.15, -0.1) is 0 Å². The zero-order valence-corrected chi connectivity index (χ0v) is 12.9. The maximum absolute atomic E-state index is 12.1. The topological polar surface area (TPSA) is 35.5 Å². The van der Waals surface area contributed by atoms with Crippen LogP contribution in [-0.2, 0) is 14.3 Å². The number of carbonyl (C=O) groups excluding carboxylic acids is 1. The summed E-state index contributed by atoms with van der Waals surface area (Å²) in [5, 5.41) is 0. The van der Waals surface area contributed by atoms with Crippen molar-refractivity contribution >= 4 is 5.97 Å². The summed E-state index contributed by atoms with van der Waals surface area (Å²) >= 11 is 0. The molecule has 0 aromatic rings. The molecule has 3 nitrogen and oxygen atoms in total. The van der Waals surface area contributed by atoms with Crippen molar-refractivity contribution in [3.05, 3.63) is 0 Å². The summed E-state index contributed by atoms with van der Waals surface area (Å²) in [6.45, 7) is 13.5. The highest BCUT2D eigenvalue weighted by atomic mass is 16.5. The molecule has 0 amide bonds. The third kappa shape index (κ3) is 7.00. The highest BCUT2D eigenvalue weighted by Gasteiger charge is 2.31. The zero-order chi connectivity index (χ0) is 14.1. The summed E-state index contributed by atoms with van der Waals surface area (Å²) in [6.07, 6.45) is 1.72. The summed E-state index contributed by atoms with van der Waals surface area (Å²) in [7, 11) is 0. The average Bonchev–Trinajstić information content (AvgIpc) is 2.24. The maximum Gasteiger partial charge on any atom is 0.311 e. The normalized spacial score (nSPS) is 14.9. The summed E-state index contributed by atoms with van der Waals surface area (Å²) in [4.78, 5) is 12.1. The van der Waals surface area contributed by atoms with Gasteiger partial charge in [0.2, 0.25) is 0 Å². The van der Waals surface area contributed by atoms with Gasteiger partial charge in [0.05, 0.1) is 18.6 Å². The SMILES string of the molecule is CCOC(=O)C(CC(C)C)C(CC(C)C)OCC. The van der Waals surface area contributed by atoms with E-state index >= 15 is 0 Å². The molecule has 0 aliphatic heterocycles. The van der Waals surface area contributed by atoms with Crippen molar-refractivity contribution in [3.8, 4) is 0 Å². The fourth-order valence-electron chi connectivity index (χ4n) is 2.18. The van der Waals surface area contributed by atoms with Crippen LogP contribution in [0, 0.1) is 17.8 Å². The Morgan fingerprint density at radius 2 is 1.50 bits per heavy atom. The van der Waals surface area contributed by atoms with Crippen LogP contribution in [-0.4, -0.2) is 25.3 Å². The number of esters is 1. The lowest BCUT2D eigenvalue weighted by Gasteiger charge is -2.28. The first-order valence-electron chi connectivity index (χ1n) is 7.20. The Labute approximate surface area is 112 Å². The molecule has 0 N–H and O–H groups in total. The third-order valence-electron chi connectivity index (χ3n) is 2.85. The van der Waals surface area contributed by atoms with Crippen LogP contribution in [0.5, 0.6) is 0 Å². The molecule has 0 aliphatic carbocycles. The van der Waals surface area contributed by atoms with Gasteiger partial charge in [-0.2, -0.15) is 0 Å². The van der Waals surface area contributed by atoms with E-state index in [-0.39, 0.29) is 18.0 Å². The van der Waals surface area contributed by atoms with E-state index in [4.69, 9.17) is 9.47 Å². The van der Waals surface area contributed by atoms with Crippen molar-refractivity contribution in [1.82, 2.24) is 0 Å². The predicted molar refractivity (Wildman–Crippen MR) is 74.4 cm³/mol. The molecule has 0 aliphatic rings. The van der Waals surface area contributed by atoms with Gasteiger partial charge < -0.3 is 9.47 Å². The minimum absolute atomic E-state index is 0.0172. The first kappa shape index (κ1) is 17.4. The molecule has 0 saturated carbocycles. The van der Waals surface area contributed by atoms with Gasteiger partial charge in [-0.25, -0.2) is 0 Å². The molecule has 2 unspecified atom stereocenters. The molecule has 0 saturated heterocycles. The molecule has 0 spiro atoms. The second-order valence-corrected chi connectivity index (χ2v) is 5.61. The summed E-state index contributed by atoms with van der Waals surface area (Å²) < 4.78 is 11.0. The summed E-state index contributed by atoms with van der Waals surface area (Å²) in [6, 6.07) is 0. The fraction of sp³-hybridized carbons (Fsp3) is 0.933. The van der Waals surface area contributed by atoms with Crippen molar-refractivity contribution in [2.24, 2.45) is 17.8 Å². The molecular formula is C15H30O3. The van der Waals surface area contributed by atoms with Crippen LogP contribution in [0.4, 0.5) is 0 Å². The standard InChI is InChI=1S/C15H30O3/c1-7-17-14(10-12(5)6)13(9-11(3)4)15(16)18-8-2/h11-14H,7-10H2,1-6H3. The van der Waals surface area contributed by atoms with Crippen LogP contribution in [0.25, 0.3) is 0 Å². The number of hydrogen-bond acceptors (Lipinski definition) is 3. The summed E-state index contributed by atoms with van der Waals surface area (Å²) in [5.74, 6) is 0.748. The van der Waals surface area contributed by atoms with Crippen LogP contribution in [0.3, 0.4) is 0 Å². The van der Waals surface area contributed by atoms with E-state index in [1.54, 1.807) is 0 Å². The molecule has 0 aromatic heterocycles. The van der Waals surface area contributed by atoms with Gasteiger partial charge in [-0.1, -0.05) is 27.7 Å². The first-order chi connectivity index (χ1) is 8.42. The lowest BCUT2D eigenvalue weighted by Crippen LogP contribution is -2.34. The van der Waals surface area contributed by atoms with Crippen molar-refractivity contribution < 1.29 is 14.3 Å². The first-order valence-corrected chi connectivity index (χ1v) is 7.20. The Morgan fingerprint density at radius 1 is 0.944 bits per heavy atom. The fourth-order valence-corrected chi connectivity index (χ4v) is 2.18. The molecule has 0 rings (SSSR count). The number of rotatable bonds is 9. The van der Waals surface area contributed by atoms with Gasteiger partial charge in [-0.3, -0.25) is 4.79 Å². The largest absolute Gasteiger partial charge is 0.466 e. The lowest BCUT2D eigenvalue weighted by molar-refractivity contribution is -0.155.